The molecule has 0 fully saturated rings. The summed E-state index contributed by atoms with van der Waals surface area (Å²) in [5, 5.41) is 0. The Hall–Kier alpha value is -3.90. The van der Waals surface area contributed by atoms with Gasteiger partial charge in [0.25, 0.3) is 0 Å². The topological polar surface area (TPSA) is 0 Å². The molecule has 34 heavy (non-hydrogen) atoms. The van der Waals surface area contributed by atoms with Crippen LogP contribution in [0.2, 0.25) is 0 Å². The van der Waals surface area contributed by atoms with E-state index in [0.29, 0.717) is 0 Å². The zero-order valence-electron chi connectivity index (χ0n) is 20.0. The third kappa shape index (κ3) is 3.14. The Balaban J connectivity index is 1.83. The molecule has 0 saturated carbocycles. The average Bonchev–Trinajstić information content (AvgIpc) is 3.28. The van der Waals surface area contributed by atoms with Crippen LogP contribution in [0.1, 0.15) is 27.8 Å². The Morgan fingerprint density at radius 1 is 0.412 bits per heavy atom. The number of fused-ring (bicyclic) bond motifs is 3. The van der Waals surface area contributed by atoms with Crippen molar-refractivity contribution in [3.05, 3.63) is 131 Å². The van der Waals surface area contributed by atoms with Gasteiger partial charge >= 0.3 is 0 Å². The van der Waals surface area contributed by atoms with Crippen LogP contribution >= 0.6 is 0 Å². The van der Waals surface area contributed by atoms with Gasteiger partial charge in [-0.05, 0) is 99.5 Å². The molecule has 0 unspecified atom stereocenters. The summed E-state index contributed by atoms with van der Waals surface area (Å²) in [5.74, 6) is 0. The van der Waals surface area contributed by atoms with E-state index in [1.54, 1.807) is 0 Å². The molecular formula is C34H28. The summed E-state index contributed by atoms with van der Waals surface area (Å²) in [7, 11) is 0. The molecule has 1 aliphatic rings. The number of hydrogen-bond acceptors (Lipinski definition) is 0. The van der Waals surface area contributed by atoms with Crippen LogP contribution in [0.4, 0.5) is 0 Å². The van der Waals surface area contributed by atoms with Gasteiger partial charge in [0.05, 0.1) is 0 Å². The van der Waals surface area contributed by atoms with Crippen molar-refractivity contribution >= 4 is 0 Å². The highest BCUT2D eigenvalue weighted by atomic mass is 14.3. The average molecular weight is 437 g/mol. The molecule has 164 valence electrons. The minimum Gasteiger partial charge on any atom is -0.0622 e. The van der Waals surface area contributed by atoms with Crippen LogP contribution in [0.3, 0.4) is 0 Å². The molecule has 0 bridgehead atoms. The van der Waals surface area contributed by atoms with Gasteiger partial charge in [0, 0.05) is 0 Å². The van der Waals surface area contributed by atoms with Gasteiger partial charge in [-0.15, -0.1) is 0 Å². The summed E-state index contributed by atoms with van der Waals surface area (Å²) in [4.78, 5) is 0. The molecule has 0 aliphatic heterocycles. The monoisotopic (exact) mass is 436 g/mol. The molecule has 0 saturated heterocycles. The van der Waals surface area contributed by atoms with Crippen molar-refractivity contribution in [3.8, 4) is 44.5 Å². The fourth-order valence-electron chi connectivity index (χ4n) is 5.80. The molecule has 0 atom stereocenters. The lowest BCUT2D eigenvalue weighted by Crippen LogP contribution is -2.00. The Morgan fingerprint density at radius 2 is 0.912 bits per heavy atom. The molecule has 5 aromatic rings. The summed E-state index contributed by atoms with van der Waals surface area (Å²) < 4.78 is 0. The van der Waals surface area contributed by atoms with E-state index in [4.69, 9.17) is 0 Å². The van der Waals surface area contributed by atoms with E-state index in [0.717, 1.165) is 6.42 Å². The van der Waals surface area contributed by atoms with Crippen LogP contribution in [0.15, 0.2) is 103 Å². The predicted molar refractivity (Wildman–Crippen MR) is 145 cm³/mol. The fraction of sp³-hybridized carbons (Fsp3) is 0.118. The highest BCUT2D eigenvalue weighted by Gasteiger charge is 2.31. The minimum absolute atomic E-state index is 0.978. The Labute approximate surface area is 202 Å². The van der Waals surface area contributed by atoms with E-state index in [2.05, 4.69) is 124 Å². The largest absolute Gasteiger partial charge is 0.0622 e. The number of benzene rings is 5. The maximum Gasteiger partial charge on any atom is -0.000685 e. The highest BCUT2D eigenvalue weighted by molar-refractivity contribution is 6.04. The summed E-state index contributed by atoms with van der Waals surface area (Å²) >= 11 is 0. The molecule has 0 N–H and O–H groups in total. The second-order valence-corrected chi connectivity index (χ2v) is 9.42. The molecule has 0 amide bonds. The zero-order valence-corrected chi connectivity index (χ0v) is 20.0. The quantitative estimate of drug-likeness (QED) is 0.259. The summed E-state index contributed by atoms with van der Waals surface area (Å²) in [6, 6.07) is 37.5. The second-order valence-electron chi connectivity index (χ2n) is 9.42. The maximum atomic E-state index is 2.34. The van der Waals surface area contributed by atoms with E-state index in [1.807, 2.05) is 0 Å². The number of hydrogen-bond donors (Lipinski definition) is 0. The highest BCUT2D eigenvalue weighted by Crippen LogP contribution is 2.53. The lowest BCUT2D eigenvalue weighted by atomic mass is 9.79. The van der Waals surface area contributed by atoms with E-state index < -0.39 is 0 Å². The van der Waals surface area contributed by atoms with Crippen molar-refractivity contribution < 1.29 is 0 Å². The van der Waals surface area contributed by atoms with Gasteiger partial charge in [-0.2, -0.15) is 0 Å². The first-order valence-corrected chi connectivity index (χ1v) is 12.1. The molecule has 0 nitrogen and oxygen atoms in total. The molecule has 6 rings (SSSR count). The van der Waals surface area contributed by atoms with Crippen LogP contribution in [-0.4, -0.2) is 0 Å². The van der Waals surface area contributed by atoms with Gasteiger partial charge in [-0.3, -0.25) is 0 Å². The van der Waals surface area contributed by atoms with Crippen LogP contribution in [-0.2, 0) is 6.42 Å². The zero-order chi connectivity index (χ0) is 23.2. The Morgan fingerprint density at radius 3 is 1.47 bits per heavy atom. The first-order chi connectivity index (χ1) is 16.6. The van der Waals surface area contributed by atoms with E-state index in [-0.39, 0.29) is 0 Å². The Kier molecular flexibility index (Phi) is 4.96. The lowest BCUT2D eigenvalue weighted by Gasteiger charge is -2.24. The summed E-state index contributed by atoms with van der Waals surface area (Å²) in [6.45, 7) is 6.86. The Bertz CT molecular complexity index is 1510. The molecule has 5 aromatic carbocycles. The van der Waals surface area contributed by atoms with Gasteiger partial charge in [-0.25, -0.2) is 0 Å². The summed E-state index contributed by atoms with van der Waals surface area (Å²) in [5.41, 5.74) is 17.8. The lowest BCUT2D eigenvalue weighted by molar-refractivity contribution is 1.24. The predicted octanol–water partition coefficient (Wildman–Crippen LogP) is 9.18. The van der Waals surface area contributed by atoms with E-state index in [1.165, 1.54) is 72.3 Å². The van der Waals surface area contributed by atoms with Crippen LogP contribution < -0.4 is 0 Å². The normalized spacial score (nSPS) is 11.9. The third-order valence-corrected chi connectivity index (χ3v) is 7.48. The first kappa shape index (κ1) is 20.7. The van der Waals surface area contributed by atoms with Crippen molar-refractivity contribution in [2.45, 2.75) is 27.2 Å². The smallest absolute Gasteiger partial charge is 0.000685 e. The van der Waals surface area contributed by atoms with E-state index in [9.17, 15) is 0 Å². The van der Waals surface area contributed by atoms with Crippen LogP contribution in [0, 0.1) is 20.8 Å². The van der Waals surface area contributed by atoms with E-state index >= 15 is 0 Å². The van der Waals surface area contributed by atoms with Crippen LogP contribution in [0.5, 0.6) is 0 Å². The molecule has 0 spiro atoms. The van der Waals surface area contributed by atoms with Gasteiger partial charge in [0.2, 0.25) is 0 Å². The van der Waals surface area contributed by atoms with Gasteiger partial charge < -0.3 is 0 Å². The summed E-state index contributed by atoms with van der Waals surface area (Å²) in [6.07, 6.45) is 0.978. The molecule has 1 aliphatic carbocycles. The van der Waals surface area contributed by atoms with Gasteiger partial charge in [0.15, 0.2) is 0 Å². The van der Waals surface area contributed by atoms with Crippen molar-refractivity contribution in [2.75, 3.05) is 0 Å². The fourth-order valence-corrected chi connectivity index (χ4v) is 5.80. The SMILES string of the molecule is Cc1ccc2c(c1C)-c1c(C)c(-c3ccccc3)c(-c3ccccc3)c(-c3ccccc3)c1C2. The van der Waals surface area contributed by atoms with Crippen molar-refractivity contribution in [1.29, 1.82) is 0 Å². The van der Waals surface area contributed by atoms with Crippen molar-refractivity contribution in [3.63, 3.8) is 0 Å². The van der Waals surface area contributed by atoms with Crippen molar-refractivity contribution in [2.24, 2.45) is 0 Å². The maximum absolute atomic E-state index is 2.34. The number of rotatable bonds is 3. The first-order valence-electron chi connectivity index (χ1n) is 12.1. The minimum atomic E-state index is 0.978. The third-order valence-electron chi connectivity index (χ3n) is 7.48. The van der Waals surface area contributed by atoms with Crippen LogP contribution in [0.25, 0.3) is 44.5 Å². The standard InChI is InChI=1S/C34H28/c1-22-19-20-28-21-29-32(30(28)23(22)2)24(3)31(25-13-7-4-8-14-25)34(27-17-11-6-12-18-27)33(29)26-15-9-5-10-16-26/h4-20H,21H2,1-3H3. The second kappa shape index (κ2) is 8.15. The molecule has 0 heteroatoms. The molecule has 0 radical (unpaired) electrons. The van der Waals surface area contributed by atoms with Gasteiger partial charge in [-0.1, -0.05) is 103 Å². The van der Waals surface area contributed by atoms with Crippen molar-refractivity contribution in [1.82, 2.24) is 0 Å². The molecular weight excluding hydrogens is 408 g/mol. The molecule has 0 aromatic heterocycles. The van der Waals surface area contributed by atoms with Gasteiger partial charge in [0.1, 0.15) is 0 Å². The number of aryl methyl sites for hydroxylation is 1. The molecule has 0 heterocycles.